The van der Waals surface area contributed by atoms with E-state index in [1.807, 2.05) is 19.1 Å². The van der Waals surface area contributed by atoms with Gasteiger partial charge in [-0.15, -0.1) is 11.8 Å². The highest BCUT2D eigenvalue weighted by Crippen LogP contribution is 2.26. The van der Waals surface area contributed by atoms with E-state index < -0.39 is 0 Å². The zero-order valence-corrected chi connectivity index (χ0v) is 9.92. The summed E-state index contributed by atoms with van der Waals surface area (Å²) in [7, 11) is 0. The number of hydrogen-bond acceptors (Lipinski definition) is 2. The normalized spacial score (nSPS) is 12.6. The lowest BCUT2D eigenvalue weighted by Gasteiger charge is -2.09. The zero-order chi connectivity index (χ0) is 11.5. The lowest BCUT2D eigenvalue weighted by molar-refractivity contribution is 1.22. The third-order valence-electron chi connectivity index (χ3n) is 2.47. The van der Waals surface area contributed by atoms with Gasteiger partial charge in [0.2, 0.25) is 0 Å². The quantitative estimate of drug-likeness (QED) is 0.483. The number of amidine groups is 1. The fourth-order valence-electron chi connectivity index (χ4n) is 1.51. The van der Waals surface area contributed by atoms with E-state index in [4.69, 9.17) is 11.1 Å². The molecule has 2 aromatic carbocycles. The molecule has 1 unspecified atom stereocenters. The Balaban J connectivity index is 2.29. The van der Waals surface area contributed by atoms with Crippen molar-refractivity contribution in [1.82, 2.24) is 0 Å². The van der Waals surface area contributed by atoms with Gasteiger partial charge in [0.05, 0.1) is 5.25 Å². The van der Waals surface area contributed by atoms with Crippen molar-refractivity contribution in [2.45, 2.75) is 17.1 Å². The molecule has 0 amide bonds. The molecular weight excluding hydrogens is 216 g/mol. The summed E-state index contributed by atoms with van der Waals surface area (Å²) < 4.78 is 0. The van der Waals surface area contributed by atoms with Gasteiger partial charge in [0, 0.05) is 4.90 Å². The Morgan fingerprint density at radius 2 is 1.88 bits per heavy atom. The molecule has 0 aliphatic rings. The molecule has 0 spiro atoms. The molecular formula is C13H14N2S. The molecule has 0 saturated heterocycles. The van der Waals surface area contributed by atoms with E-state index >= 15 is 0 Å². The molecule has 0 radical (unpaired) electrons. The van der Waals surface area contributed by atoms with Crippen LogP contribution >= 0.6 is 11.8 Å². The van der Waals surface area contributed by atoms with Crippen molar-refractivity contribution in [3.8, 4) is 0 Å². The van der Waals surface area contributed by atoms with E-state index in [-0.39, 0.29) is 11.1 Å². The number of thioether (sulfide) groups is 1. The van der Waals surface area contributed by atoms with Crippen molar-refractivity contribution in [1.29, 1.82) is 5.41 Å². The summed E-state index contributed by atoms with van der Waals surface area (Å²) >= 11 is 1.62. The predicted molar refractivity (Wildman–Crippen MR) is 71.2 cm³/mol. The molecule has 1 atom stereocenters. The van der Waals surface area contributed by atoms with Gasteiger partial charge in [0.25, 0.3) is 0 Å². The van der Waals surface area contributed by atoms with Crippen LogP contribution in [0.25, 0.3) is 10.8 Å². The fraction of sp³-hybridized carbons (Fsp3) is 0.154. The van der Waals surface area contributed by atoms with Crippen LogP contribution in [0, 0.1) is 5.41 Å². The highest BCUT2D eigenvalue weighted by molar-refractivity contribution is 8.00. The van der Waals surface area contributed by atoms with E-state index in [1.54, 1.807) is 11.8 Å². The van der Waals surface area contributed by atoms with Gasteiger partial charge in [-0.05, 0) is 29.8 Å². The first kappa shape index (κ1) is 11.0. The number of benzene rings is 2. The van der Waals surface area contributed by atoms with Crippen molar-refractivity contribution in [3.05, 3.63) is 42.5 Å². The molecule has 82 valence electrons. The van der Waals surface area contributed by atoms with E-state index in [0.717, 1.165) is 4.90 Å². The molecule has 2 nitrogen and oxygen atoms in total. The van der Waals surface area contributed by atoms with Crippen molar-refractivity contribution < 1.29 is 0 Å². The Kier molecular flexibility index (Phi) is 3.15. The second-order valence-electron chi connectivity index (χ2n) is 3.72. The second-order valence-corrected chi connectivity index (χ2v) is 5.14. The van der Waals surface area contributed by atoms with Gasteiger partial charge in [-0.25, -0.2) is 0 Å². The maximum atomic E-state index is 7.37. The highest BCUT2D eigenvalue weighted by atomic mass is 32.2. The number of rotatable bonds is 3. The van der Waals surface area contributed by atoms with Crippen LogP contribution in [0.4, 0.5) is 0 Å². The Labute approximate surface area is 99.4 Å². The van der Waals surface area contributed by atoms with Crippen LogP contribution in [0.5, 0.6) is 0 Å². The summed E-state index contributed by atoms with van der Waals surface area (Å²) in [5, 5.41) is 9.86. The Bertz CT molecular complexity index is 522. The molecule has 2 aromatic rings. The molecule has 0 aliphatic carbocycles. The monoisotopic (exact) mass is 230 g/mol. The lowest BCUT2D eigenvalue weighted by atomic mass is 10.1. The molecule has 0 aromatic heterocycles. The topological polar surface area (TPSA) is 49.9 Å². The van der Waals surface area contributed by atoms with Crippen LogP contribution in [0.15, 0.2) is 47.4 Å². The summed E-state index contributed by atoms with van der Waals surface area (Å²) in [5.41, 5.74) is 5.46. The molecule has 3 N–H and O–H groups in total. The molecule has 0 saturated carbocycles. The van der Waals surface area contributed by atoms with Crippen molar-refractivity contribution in [2.24, 2.45) is 5.73 Å². The van der Waals surface area contributed by atoms with Gasteiger partial charge in [0.1, 0.15) is 5.84 Å². The van der Waals surface area contributed by atoms with Gasteiger partial charge < -0.3 is 5.73 Å². The van der Waals surface area contributed by atoms with E-state index in [0.29, 0.717) is 0 Å². The van der Waals surface area contributed by atoms with E-state index in [9.17, 15) is 0 Å². The predicted octanol–water partition coefficient (Wildman–Crippen LogP) is 3.26. The minimum atomic E-state index is 0.0289. The molecule has 2 rings (SSSR count). The zero-order valence-electron chi connectivity index (χ0n) is 9.10. The minimum Gasteiger partial charge on any atom is -0.387 e. The summed E-state index contributed by atoms with van der Waals surface area (Å²) in [6, 6.07) is 14.6. The first-order valence-corrected chi connectivity index (χ1v) is 6.04. The molecule has 0 bridgehead atoms. The van der Waals surface area contributed by atoms with Gasteiger partial charge in [-0.2, -0.15) is 0 Å². The van der Waals surface area contributed by atoms with Crippen LogP contribution in [0.1, 0.15) is 6.92 Å². The number of nitrogens with two attached hydrogens (primary N) is 1. The van der Waals surface area contributed by atoms with Crippen LogP contribution in [0.2, 0.25) is 0 Å². The van der Waals surface area contributed by atoms with Gasteiger partial charge in [0.15, 0.2) is 0 Å². The average Bonchev–Trinajstić information content (AvgIpc) is 2.28. The number of hydrogen-bond donors (Lipinski definition) is 2. The van der Waals surface area contributed by atoms with Crippen LogP contribution in [-0.2, 0) is 0 Å². The summed E-state index contributed by atoms with van der Waals surface area (Å²) in [6.45, 7) is 1.95. The first-order valence-electron chi connectivity index (χ1n) is 5.16. The molecule has 0 fully saturated rings. The molecule has 3 heteroatoms. The van der Waals surface area contributed by atoms with Crippen molar-refractivity contribution in [3.63, 3.8) is 0 Å². The molecule has 0 aliphatic heterocycles. The molecule has 16 heavy (non-hydrogen) atoms. The maximum absolute atomic E-state index is 7.37. The first-order chi connectivity index (χ1) is 7.66. The Morgan fingerprint density at radius 1 is 1.19 bits per heavy atom. The van der Waals surface area contributed by atoms with Gasteiger partial charge >= 0.3 is 0 Å². The summed E-state index contributed by atoms with van der Waals surface area (Å²) in [6.07, 6.45) is 0. The van der Waals surface area contributed by atoms with E-state index in [1.165, 1.54) is 10.8 Å². The third-order valence-corrected chi connectivity index (χ3v) is 3.61. The third kappa shape index (κ3) is 2.36. The van der Waals surface area contributed by atoms with Crippen LogP contribution < -0.4 is 5.73 Å². The largest absolute Gasteiger partial charge is 0.387 e. The summed E-state index contributed by atoms with van der Waals surface area (Å²) in [4.78, 5) is 1.15. The van der Waals surface area contributed by atoms with E-state index in [2.05, 4.69) is 30.3 Å². The number of fused-ring (bicyclic) bond motifs is 1. The Hall–Kier alpha value is -1.48. The summed E-state index contributed by atoms with van der Waals surface area (Å²) in [5.74, 6) is 0.221. The average molecular weight is 230 g/mol. The van der Waals surface area contributed by atoms with Crippen molar-refractivity contribution in [2.75, 3.05) is 0 Å². The highest BCUT2D eigenvalue weighted by Gasteiger charge is 2.07. The van der Waals surface area contributed by atoms with Gasteiger partial charge in [-0.3, -0.25) is 5.41 Å². The maximum Gasteiger partial charge on any atom is 0.104 e. The minimum absolute atomic E-state index is 0.0289. The van der Waals surface area contributed by atoms with Crippen LogP contribution in [-0.4, -0.2) is 11.1 Å². The van der Waals surface area contributed by atoms with Crippen LogP contribution in [0.3, 0.4) is 0 Å². The Morgan fingerprint density at radius 3 is 2.56 bits per heavy atom. The SMILES string of the molecule is CC(Sc1ccc2ccccc2c1)C(=N)N. The number of nitrogens with one attached hydrogen (secondary N) is 1. The van der Waals surface area contributed by atoms with Gasteiger partial charge in [-0.1, -0.05) is 30.3 Å². The van der Waals surface area contributed by atoms with Crippen molar-refractivity contribution >= 4 is 28.4 Å². The standard InChI is InChI=1S/C13H14N2S/c1-9(13(14)15)16-12-7-6-10-4-2-3-5-11(10)8-12/h2-9H,1H3,(H3,14,15). The lowest BCUT2D eigenvalue weighted by Crippen LogP contribution is -2.21. The second kappa shape index (κ2) is 4.58. The fourth-order valence-corrected chi connectivity index (χ4v) is 2.39. The molecule has 0 heterocycles. The smallest absolute Gasteiger partial charge is 0.104 e.